The molecule has 0 radical (unpaired) electrons. The number of anilines is 1. The van der Waals surface area contributed by atoms with Crippen LogP contribution < -0.4 is 5.73 Å². The molecule has 0 spiro atoms. The number of aromatic nitrogens is 3. The molecular formula is C15H10N4O3. The summed E-state index contributed by atoms with van der Waals surface area (Å²) in [6.07, 6.45) is 1.62. The van der Waals surface area contributed by atoms with E-state index in [0.717, 1.165) is 5.39 Å². The Morgan fingerprint density at radius 1 is 1.27 bits per heavy atom. The molecule has 4 rings (SSSR count). The molecule has 4 aromatic rings. The smallest absolute Gasteiger partial charge is 0.352 e. The van der Waals surface area contributed by atoms with Crippen molar-refractivity contribution in [3.8, 4) is 5.69 Å². The lowest BCUT2D eigenvalue weighted by Crippen LogP contribution is -2.06. The first-order valence-electron chi connectivity index (χ1n) is 6.50. The Morgan fingerprint density at radius 2 is 2.14 bits per heavy atom. The van der Waals surface area contributed by atoms with Gasteiger partial charge in [-0.25, -0.2) is 9.78 Å². The largest absolute Gasteiger partial charge is 0.477 e. The quantitative estimate of drug-likeness (QED) is 0.588. The van der Waals surface area contributed by atoms with Crippen molar-refractivity contribution in [3.63, 3.8) is 0 Å². The minimum absolute atomic E-state index is 0.0705. The van der Waals surface area contributed by atoms with Crippen LogP contribution in [0, 0.1) is 0 Å². The molecule has 22 heavy (non-hydrogen) atoms. The maximum atomic E-state index is 11.5. The van der Waals surface area contributed by atoms with Gasteiger partial charge in [-0.1, -0.05) is 0 Å². The number of nitrogens with two attached hydrogens (primary N) is 1. The van der Waals surface area contributed by atoms with Gasteiger partial charge in [0.15, 0.2) is 5.58 Å². The van der Waals surface area contributed by atoms with E-state index in [9.17, 15) is 9.90 Å². The zero-order valence-electron chi connectivity index (χ0n) is 11.2. The Labute approximate surface area is 123 Å². The van der Waals surface area contributed by atoms with Crippen molar-refractivity contribution in [1.29, 1.82) is 0 Å². The Hall–Kier alpha value is -3.35. The van der Waals surface area contributed by atoms with Gasteiger partial charge in [-0.05, 0) is 36.4 Å². The zero-order chi connectivity index (χ0) is 15.3. The second kappa shape index (κ2) is 4.32. The third-order valence-electron chi connectivity index (χ3n) is 3.43. The van der Waals surface area contributed by atoms with Crippen molar-refractivity contribution in [3.05, 3.63) is 48.3 Å². The summed E-state index contributed by atoms with van der Waals surface area (Å²) in [6.45, 7) is 0. The molecule has 0 saturated heterocycles. The van der Waals surface area contributed by atoms with E-state index in [0.29, 0.717) is 22.4 Å². The summed E-state index contributed by atoms with van der Waals surface area (Å²) >= 11 is 0. The number of oxazole rings is 1. The van der Waals surface area contributed by atoms with E-state index in [1.807, 2.05) is 6.07 Å². The number of rotatable bonds is 2. The van der Waals surface area contributed by atoms with Crippen molar-refractivity contribution in [1.82, 2.24) is 14.5 Å². The Bertz CT molecular complexity index is 1030. The first-order chi connectivity index (χ1) is 10.6. The number of hydrogen-bond acceptors (Lipinski definition) is 5. The van der Waals surface area contributed by atoms with Crippen molar-refractivity contribution in [2.24, 2.45) is 0 Å². The highest BCUT2D eigenvalue weighted by atomic mass is 16.4. The number of pyridine rings is 1. The van der Waals surface area contributed by atoms with Crippen molar-refractivity contribution >= 4 is 34.1 Å². The molecule has 3 aromatic heterocycles. The number of hydrogen-bond donors (Lipinski definition) is 2. The van der Waals surface area contributed by atoms with Gasteiger partial charge in [-0.3, -0.25) is 4.57 Å². The van der Waals surface area contributed by atoms with Crippen LogP contribution in [0.2, 0.25) is 0 Å². The Balaban J connectivity index is 2.05. The van der Waals surface area contributed by atoms with Gasteiger partial charge in [0.2, 0.25) is 0 Å². The predicted molar refractivity (Wildman–Crippen MR) is 80.0 cm³/mol. The van der Waals surface area contributed by atoms with Crippen molar-refractivity contribution in [2.75, 3.05) is 5.73 Å². The number of aromatic carboxylic acids is 1. The maximum absolute atomic E-state index is 11.5. The van der Waals surface area contributed by atoms with Gasteiger partial charge in [0.25, 0.3) is 6.01 Å². The molecule has 0 aliphatic heterocycles. The van der Waals surface area contributed by atoms with Crippen LogP contribution in [0.5, 0.6) is 0 Å². The molecule has 0 aliphatic rings. The molecule has 0 fully saturated rings. The molecule has 0 atom stereocenters. The van der Waals surface area contributed by atoms with Gasteiger partial charge in [0.1, 0.15) is 16.9 Å². The molecule has 0 bridgehead atoms. The van der Waals surface area contributed by atoms with Gasteiger partial charge >= 0.3 is 5.97 Å². The summed E-state index contributed by atoms with van der Waals surface area (Å²) in [4.78, 5) is 19.9. The predicted octanol–water partition coefficient (Wildman–Crippen LogP) is 2.45. The monoisotopic (exact) mass is 294 g/mol. The van der Waals surface area contributed by atoms with Gasteiger partial charge in [-0.15, -0.1) is 0 Å². The van der Waals surface area contributed by atoms with E-state index < -0.39 is 5.97 Å². The third kappa shape index (κ3) is 1.72. The zero-order valence-corrected chi connectivity index (χ0v) is 11.2. The molecule has 7 nitrogen and oxygen atoms in total. The van der Waals surface area contributed by atoms with E-state index in [2.05, 4.69) is 9.97 Å². The molecular weight excluding hydrogens is 284 g/mol. The van der Waals surface area contributed by atoms with E-state index in [1.165, 1.54) is 0 Å². The SMILES string of the molecule is Nc1nc2cc(-n3c(C(=O)O)cc4cccnc43)ccc2o1. The van der Waals surface area contributed by atoms with Gasteiger partial charge in [0.05, 0.1) is 5.69 Å². The molecule has 108 valence electrons. The van der Waals surface area contributed by atoms with Gasteiger partial charge < -0.3 is 15.3 Å². The van der Waals surface area contributed by atoms with Crippen LogP contribution >= 0.6 is 0 Å². The highest BCUT2D eigenvalue weighted by molar-refractivity contribution is 5.95. The topological polar surface area (TPSA) is 107 Å². The Kier molecular flexibility index (Phi) is 2.43. The van der Waals surface area contributed by atoms with Crippen LogP contribution in [0.1, 0.15) is 10.5 Å². The molecule has 0 unspecified atom stereocenters. The van der Waals surface area contributed by atoms with Crippen LogP contribution in [-0.4, -0.2) is 25.6 Å². The summed E-state index contributed by atoms with van der Waals surface area (Å²) in [5, 5.41) is 10.2. The normalized spacial score (nSPS) is 11.3. The molecule has 3 N–H and O–H groups in total. The fraction of sp³-hybridized carbons (Fsp3) is 0. The number of fused-ring (bicyclic) bond motifs is 2. The third-order valence-corrected chi connectivity index (χ3v) is 3.43. The minimum atomic E-state index is -1.03. The fourth-order valence-electron chi connectivity index (χ4n) is 2.53. The maximum Gasteiger partial charge on any atom is 0.352 e. The lowest BCUT2D eigenvalue weighted by molar-refractivity contribution is 0.0688. The lowest BCUT2D eigenvalue weighted by Gasteiger charge is -2.07. The second-order valence-corrected chi connectivity index (χ2v) is 4.79. The van der Waals surface area contributed by atoms with Crippen LogP contribution in [0.15, 0.2) is 47.0 Å². The van der Waals surface area contributed by atoms with Crippen molar-refractivity contribution < 1.29 is 14.3 Å². The van der Waals surface area contributed by atoms with Crippen LogP contribution in [-0.2, 0) is 0 Å². The van der Waals surface area contributed by atoms with Gasteiger partial charge in [0, 0.05) is 11.6 Å². The summed E-state index contributed by atoms with van der Waals surface area (Å²) in [5.41, 5.74) is 7.97. The molecule has 0 aliphatic carbocycles. The van der Waals surface area contributed by atoms with E-state index in [1.54, 1.807) is 41.1 Å². The first-order valence-corrected chi connectivity index (χ1v) is 6.50. The standard InChI is InChI=1S/C15H10N4O3/c16-15-18-10-7-9(3-4-12(10)22-15)19-11(14(20)21)6-8-2-1-5-17-13(8)19/h1-7H,(H2,16,18)(H,20,21). The minimum Gasteiger partial charge on any atom is -0.477 e. The average Bonchev–Trinajstić information content (AvgIpc) is 3.05. The lowest BCUT2D eigenvalue weighted by atomic mass is 10.2. The van der Waals surface area contributed by atoms with E-state index in [-0.39, 0.29) is 11.7 Å². The van der Waals surface area contributed by atoms with Crippen LogP contribution in [0.4, 0.5) is 6.01 Å². The number of nitrogens with zero attached hydrogens (tertiary/aromatic N) is 3. The second-order valence-electron chi connectivity index (χ2n) is 4.79. The summed E-state index contributed by atoms with van der Waals surface area (Å²) in [6, 6.07) is 10.4. The molecule has 0 amide bonds. The first kappa shape index (κ1) is 12.4. The number of carbonyl (C=O) groups is 1. The number of nitrogen functional groups attached to an aromatic ring is 1. The molecule has 3 heterocycles. The van der Waals surface area contributed by atoms with E-state index in [4.69, 9.17) is 10.2 Å². The average molecular weight is 294 g/mol. The summed E-state index contributed by atoms with van der Waals surface area (Å²) in [5.74, 6) is -1.03. The van der Waals surface area contributed by atoms with Gasteiger partial charge in [-0.2, -0.15) is 4.98 Å². The van der Waals surface area contributed by atoms with Crippen LogP contribution in [0.25, 0.3) is 27.8 Å². The summed E-state index contributed by atoms with van der Waals surface area (Å²) < 4.78 is 6.80. The van der Waals surface area contributed by atoms with Crippen LogP contribution in [0.3, 0.4) is 0 Å². The molecule has 7 heteroatoms. The number of carboxylic acid groups (broad SMARTS) is 1. The Morgan fingerprint density at radius 3 is 2.95 bits per heavy atom. The van der Waals surface area contributed by atoms with Crippen molar-refractivity contribution in [2.45, 2.75) is 0 Å². The molecule has 1 aromatic carbocycles. The highest BCUT2D eigenvalue weighted by Crippen LogP contribution is 2.26. The molecule has 0 saturated carbocycles. The highest BCUT2D eigenvalue weighted by Gasteiger charge is 2.17. The van der Waals surface area contributed by atoms with E-state index >= 15 is 0 Å². The number of benzene rings is 1. The summed E-state index contributed by atoms with van der Waals surface area (Å²) in [7, 11) is 0. The fourth-order valence-corrected chi connectivity index (χ4v) is 2.53. The number of carboxylic acids is 1.